The molecule has 2 atom stereocenters. The first-order chi connectivity index (χ1) is 9.38. The second kappa shape index (κ2) is 3.50. The Labute approximate surface area is 111 Å². The Morgan fingerprint density at radius 2 is 1.79 bits per heavy atom. The fourth-order valence-corrected chi connectivity index (χ4v) is 2.92. The van der Waals surface area contributed by atoms with Crippen LogP contribution in [0.3, 0.4) is 0 Å². The first-order valence-electron chi connectivity index (χ1n) is 6.87. The van der Waals surface area contributed by atoms with Gasteiger partial charge in [-0.1, -0.05) is 18.2 Å². The summed E-state index contributed by atoms with van der Waals surface area (Å²) in [4.78, 5) is 0. The zero-order valence-corrected chi connectivity index (χ0v) is 10.5. The van der Waals surface area contributed by atoms with Crippen LogP contribution in [0.2, 0.25) is 0 Å². The van der Waals surface area contributed by atoms with Crippen LogP contribution < -0.4 is 4.74 Å². The molecule has 0 N–H and O–H groups in total. The van der Waals surface area contributed by atoms with Gasteiger partial charge in [0, 0.05) is 18.4 Å². The molecule has 3 heteroatoms. The summed E-state index contributed by atoms with van der Waals surface area (Å²) in [6.45, 7) is 1.79. The molecule has 0 aromatic heterocycles. The third-order valence-electron chi connectivity index (χ3n) is 4.15. The first kappa shape index (κ1) is 10.2. The monoisotopic (exact) mass is 254 g/mol. The first-order valence-corrected chi connectivity index (χ1v) is 6.87. The Kier molecular flexibility index (Phi) is 1.88. The number of fused-ring (bicyclic) bond motifs is 2. The van der Waals surface area contributed by atoms with Gasteiger partial charge in [0.05, 0.1) is 25.4 Å². The average Bonchev–Trinajstić information content (AvgIpc) is 3.22. The summed E-state index contributed by atoms with van der Waals surface area (Å²) in [6, 6.07) is 8.73. The summed E-state index contributed by atoms with van der Waals surface area (Å²) in [5.41, 5.74) is 2.70. The van der Waals surface area contributed by atoms with Crippen molar-refractivity contribution in [1.82, 2.24) is 0 Å². The quantitative estimate of drug-likeness (QED) is 0.672. The summed E-state index contributed by atoms with van der Waals surface area (Å²) in [5.74, 6) is 2.13. The van der Waals surface area contributed by atoms with E-state index >= 15 is 0 Å². The summed E-state index contributed by atoms with van der Waals surface area (Å²) < 4.78 is 16.4. The van der Waals surface area contributed by atoms with Gasteiger partial charge in [0.25, 0.3) is 0 Å². The fraction of sp³-hybridized carbons (Fsp3) is 0.375. The normalized spacial score (nSPS) is 25.9. The van der Waals surface area contributed by atoms with E-state index in [4.69, 9.17) is 14.2 Å². The minimum atomic E-state index is 0.398. The summed E-state index contributed by atoms with van der Waals surface area (Å²) in [6.07, 6.45) is 2.80. The molecule has 19 heavy (non-hydrogen) atoms. The van der Waals surface area contributed by atoms with E-state index in [1.165, 1.54) is 21.9 Å². The van der Waals surface area contributed by atoms with Gasteiger partial charge in [0.2, 0.25) is 0 Å². The molecule has 0 spiro atoms. The molecule has 2 aromatic carbocycles. The van der Waals surface area contributed by atoms with E-state index in [1.807, 2.05) is 0 Å². The van der Waals surface area contributed by atoms with Crippen molar-refractivity contribution in [1.29, 1.82) is 0 Å². The van der Waals surface area contributed by atoms with E-state index in [9.17, 15) is 0 Å². The molecule has 0 saturated carbocycles. The van der Waals surface area contributed by atoms with Crippen molar-refractivity contribution >= 4 is 10.8 Å². The molecule has 3 nitrogen and oxygen atoms in total. The van der Waals surface area contributed by atoms with Crippen LogP contribution in [-0.4, -0.2) is 25.4 Å². The van der Waals surface area contributed by atoms with Gasteiger partial charge >= 0.3 is 0 Å². The zero-order valence-electron chi connectivity index (χ0n) is 10.5. The Morgan fingerprint density at radius 3 is 2.58 bits per heavy atom. The van der Waals surface area contributed by atoms with E-state index in [1.54, 1.807) is 0 Å². The molecule has 5 rings (SSSR count). The van der Waals surface area contributed by atoms with E-state index in [0.717, 1.165) is 37.6 Å². The van der Waals surface area contributed by atoms with Crippen LogP contribution in [0.1, 0.15) is 11.1 Å². The molecule has 3 aliphatic rings. The lowest BCUT2D eigenvalue weighted by atomic mass is 9.96. The minimum Gasteiger partial charge on any atom is -0.449 e. The lowest BCUT2D eigenvalue weighted by molar-refractivity contribution is 0.407. The van der Waals surface area contributed by atoms with Crippen molar-refractivity contribution in [3.05, 3.63) is 35.4 Å². The van der Waals surface area contributed by atoms with Crippen molar-refractivity contribution in [3.63, 3.8) is 0 Å². The van der Waals surface area contributed by atoms with Crippen molar-refractivity contribution in [2.45, 2.75) is 25.0 Å². The Hall–Kier alpha value is -1.58. The van der Waals surface area contributed by atoms with E-state index < -0.39 is 0 Å². The molecule has 0 amide bonds. The lowest BCUT2D eigenvalue weighted by Crippen LogP contribution is -1.96. The predicted molar refractivity (Wildman–Crippen MR) is 70.9 cm³/mol. The smallest absolute Gasteiger partial charge is 0.174 e. The number of benzene rings is 2. The van der Waals surface area contributed by atoms with Crippen LogP contribution in [0.4, 0.5) is 0 Å². The van der Waals surface area contributed by atoms with Gasteiger partial charge in [-0.3, -0.25) is 0 Å². The Morgan fingerprint density at radius 1 is 1.00 bits per heavy atom. The van der Waals surface area contributed by atoms with Gasteiger partial charge < -0.3 is 14.2 Å². The van der Waals surface area contributed by atoms with E-state index in [-0.39, 0.29) is 0 Å². The molecule has 2 aromatic rings. The molecule has 2 fully saturated rings. The number of epoxide rings is 2. The topological polar surface area (TPSA) is 37.6 Å². The molecule has 2 unspecified atom stereocenters. The second-order valence-corrected chi connectivity index (χ2v) is 5.62. The molecule has 3 aliphatic heterocycles. The maximum absolute atomic E-state index is 5.63. The highest BCUT2D eigenvalue weighted by atomic mass is 16.6. The van der Waals surface area contributed by atoms with Gasteiger partial charge in [0.1, 0.15) is 0 Å². The third-order valence-corrected chi connectivity index (χ3v) is 4.15. The van der Waals surface area contributed by atoms with Crippen LogP contribution >= 0.6 is 0 Å². The average molecular weight is 254 g/mol. The molecule has 0 bridgehead atoms. The minimum absolute atomic E-state index is 0.398. The number of hydrogen-bond acceptors (Lipinski definition) is 3. The lowest BCUT2D eigenvalue weighted by Gasteiger charge is -2.07. The van der Waals surface area contributed by atoms with E-state index in [0.29, 0.717) is 12.2 Å². The molecular formula is C16H14O3. The number of hydrogen-bond donors (Lipinski definition) is 0. The standard InChI is InChI=1S/C16H14O3/c1-2-9(4-10-7-17-10)13-6-15-16(19-15)14(12(13)3-1)5-11-8-18-11/h1-3,6,10-11H,4-5,7-8H2. The zero-order chi connectivity index (χ0) is 12.4. The highest BCUT2D eigenvalue weighted by Gasteiger charge is 2.33. The molecular weight excluding hydrogens is 240 g/mol. The van der Waals surface area contributed by atoms with Gasteiger partial charge in [0.15, 0.2) is 11.5 Å². The summed E-state index contributed by atoms with van der Waals surface area (Å²) in [5, 5.41) is 2.65. The molecule has 0 radical (unpaired) electrons. The molecule has 0 aliphatic carbocycles. The maximum Gasteiger partial charge on any atom is 0.174 e. The summed E-state index contributed by atoms with van der Waals surface area (Å²) in [7, 11) is 0. The van der Waals surface area contributed by atoms with Crippen molar-refractivity contribution < 1.29 is 14.2 Å². The van der Waals surface area contributed by atoms with Crippen molar-refractivity contribution in [3.8, 4) is 11.5 Å². The Balaban J connectivity index is 1.67. The van der Waals surface area contributed by atoms with Crippen LogP contribution in [0.25, 0.3) is 10.8 Å². The predicted octanol–water partition coefficient (Wildman–Crippen LogP) is 2.83. The largest absolute Gasteiger partial charge is 0.449 e. The van der Waals surface area contributed by atoms with E-state index in [2.05, 4.69) is 24.3 Å². The van der Waals surface area contributed by atoms with Gasteiger partial charge in [-0.15, -0.1) is 0 Å². The van der Waals surface area contributed by atoms with Crippen LogP contribution in [0, 0.1) is 0 Å². The van der Waals surface area contributed by atoms with Crippen molar-refractivity contribution in [2.24, 2.45) is 0 Å². The third kappa shape index (κ3) is 1.73. The fourth-order valence-electron chi connectivity index (χ4n) is 2.92. The molecule has 3 heterocycles. The summed E-state index contributed by atoms with van der Waals surface area (Å²) >= 11 is 0. The van der Waals surface area contributed by atoms with Gasteiger partial charge in [-0.2, -0.15) is 0 Å². The Bertz CT molecular complexity index is 684. The van der Waals surface area contributed by atoms with Gasteiger partial charge in [-0.05, 0) is 22.4 Å². The SMILES string of the molecule is c1cc(CC2CO2)c2cc3c(c(CC4CO4)c2c1)O3. The second-order valence-electron chi connectivity index (χ2n) is 5.62. The number of ether oxygens (including phenoxy) is 3. The van der Waals surface area contributed by atoms with Crippen molar-refractivity contribution in [2.75, 3.05) is 13.2 Å². The maximum atomic E-state index is 5.63. The highest BCUT2D eigenvalue weighted by Crippen LogP contribution is 2.52. The number of rotatable bonds is 4. The molecule has 2 saturated heterocycles. The van der Waals surface area contributed by atoms with Crippen LogP contribution in [0.5, 0.6) is 11.5 Å². The van der Waals surface area contributed by atoms with Crippen LogP contribution in [0.15, 0.2) is 24.3 Å². The van der Waals surface area contributed by atoms with Gasteiger partial charge in [-0.25, -0.2) is 0 Å². The molecule has 96 valence electrons. The van der Waals surface area contributed by atoms with Crippen LogP contribution in [-0.2, 0) is 22.3 Å². The highest BCUT2D eigenvalue weighted by molar-refractivity contribution is 5.95.